The lowest BCUT2D eigenvalue weighted by molar-refractivity contribution is -0.148. The molecule has 3 heterocycles. The van der Waals surface area contributed by atoms with Crippen LogP contribution in [0, 0.1) is 29.6 Å². The SMILES string of the molecule is O=C(O)C1C2C=CC(C2)C1C(=O)NC1CN2CCC1CC2. The van der Waals surface area contributed by atoms with E-state index in [9.17, 15) is 14.7 Å². The molecule has 5 nitrogen and oxygen atoms in total. The predicted molar refractivity (Wildman–Crippen MR) is 76.4 cm³/mol. The Hall–Kier alpha value is -1.36. The van der Waals surface area contributed by atoms with Gasteiger partial charge < -0.3 is 15.3 Å². The number of fused-ring (bicyclic) bond motifs is 5. The Morgan fingerprint density at radius 2 is 1.76 bits per heavy atom. The maximum Gasteiger partial charge on any atom is 0.307 e. The number of carbonyl (C=O) groups excluding carboxylic acids is 1. The minimum absolute atomic E-state index is 0.0296. The highest BCUT2D eigenvalue weighted by Crippen LogP contribution is 2.48. The highest BCUT2D eigenvalue weighted by atomic mass is 16.4. The first-order valence-electron chi connectivity index (χ1n) is 8.07. The number of hydrogen-bond donors (Lipinski definition) is 2. The standard InChI is InChI=1S/C16H22N2O3/c19-15(17-12-8-18-5-3-9(12)4-6-18)13-10-1-2-11(7-10)14(13)16(20)21/h1-2,9-14H,3-8H2,(H,17,19)(H,20,21). The first-order valence-corrected chi connectivity index (χ1v) is 8.07. The van der Waals surface area contributed by atoms with Gasteiger partial charge in [0.2, 0.25) is 5.91 Å². The Bertz CT molecular complexity index is 496. The first kappa shape index (κ1) is 13.3. The molecule has 4 fully saturated rings. The molecule has 3 aliphatic heterocycles. The van der Waals surface area contributed by atoms with Crippen LogP contribution in [-0.4, -0.2) is 47.6 Å². The van der Waals surface area contributed by atoms with Gasteiger partial charge in [0.15, 0.2) is 0 Å². The van der Waals surface area contributed by atoms with Crippen LogP contribution in [0.25, 0.3) is 0 Å². The zero-order chi connectivity index (χ0) is 14.6. The number of carboxylic acids is 1. The largest absolute Gasteiger partial charge is 0.481 e. The molecule has 5 aliphatic rings. The van der Waals surface area contributed by atoms with Gasteiger partial charge in [-0.25, -0.2) is 0 Å². The maximum atomic E-state index is 12.7. The summed E-state index contributed by atoms with van der Waals surface area (Å²) in [6.45, 7) is 3.22. The molecule has 5 rings (SSSR count). The predicted octanol–water partition coefficient (Wildman–Crippen LogP) is 0.720. The van der Waals surface area contributed by atoms with E-state index < -0.39 is 11.9 Å². The van der Waals surface area contributed by atoms with E-state index in [1.54, 1.807) is 0 Å². The van der Waals surface area contributed by atoms with Crippen molar-refractivity contribution in [2.45, 2.75) is 25.3 Å². The van der Waals surface area contributed by atoms with Gasteiger partial charge in [-0.1, -0.05) is 12.2 Å². The Morgan fingerprint density at radius 1 is 1.10 bits per heavy atom. The second-order valence-electron chi connectivity index (χ2n) is 7.09. The molecule has 1 amide bonds. The quantitative estimate of drug-likeness (QED) is 0.752. The minimum Gasteiger partial charge on any atom is -0.481 e. The number of amides is 1. The fraction of sp³-hybridized carbons (Fsp3) is 0.750. The lowest BCUT2D eigenvalue weighted by atomic mass is 9.80. The summed E-state index contributed by atoms with van der Waals surface area (Å²) in [6, 6.07) is 0.220. The van der Waals surface area contributed by atoms with Crippen LogP contribution < -0.4 is 5.32 Å². The van der Waals surface area contributed by atoms with Crippen LogP contribution in [0.15, 0.2) is 12.2 Å². The van der Waals surface area contributed by atoms with Crippen LogP contribution in [0.5, 0.6) is 0 Å². The summed E-state index contributed by atoms with van der Waals surface area (Å²) in [5.74, 6) is -0.990. The second kappa shape index (κ2) is 4.83. The molecule has 21 heavy (non-hydrogen) atoms. The molecule has 5 heteroatoms. The van der Waals surface area contributed by atoms with Crippen molar-refractivity contribution in [3.8, 4) is 0 Å². The molecule has 0 aromatic carbocycles. The minimum atomic E-state index is -0.819. The van der Waals surface area contributed by atoms with Crippen LogP contribution in [0.3, 0.4) is 0 Å². The van der Waals surface area contributed by atoms with E-state index in [1.165, 1.54) is 0 Å². The number of hydrogen-bond acceptors (Lipinski definition) is 3. The molecule has 114 valence electrons. The van der Waals surface area contributed by atoms with E-state index >= 15 is 0 Å². The van der Waals surface area contributed by atoms with Crippen LogP contribution >= 0.6 is 0 Å². The second-order valence-corrected chi connectivity index (χ2v) is 7.09. The van der Waals surface area contributed by atoms with Gasteiger partial charge in [0, 0.05) is 12.6 Å². The van der Waals surface area contributed by atoms with Crippen LogP contribution in [0.4, 0.5) is 0 Å². The molecule has 2 N–H and O–H groups in total. The van der Waals surface area contributed by atoms with Gasteiger partial charge in [-0.2, -0.15) is 0 Å². The number of carbonyl (C=O) groups is 2. The van der Waals surface area contributed by atoms with Crippen molar-refractivity contribution in [2.24, 2.45) is 29.6 Å². The molecule has 0 spiro atoms. The molecule has 5 atom stereocenters. The molecule has 1 saturated carbocycles. The molecule has 3 saturated heterocycles. The van der Waals surface area contributed by atoms with E-state index in [0.29, 0.717) is 5.92 Å². The zero-order valence-electron chi connectivity index (χ0n) is 12.1. The average Bonchev–Trinajstić information content (AvgIpc) is 3.09. The van der Waals surface area contributed by atoms with Gasteiger partial charge >= 0.3 is 5.97 Å². The summed E-state index contributed by atoms with van der Waals surface area (Å²) in [5, 5.41) is 12.6. The van der Waals surface area contributed by atoms with Crippen LogP contribution in [0.1, 0.15) is 19.3 Å². The highest BCUT2D eigenvalue weighted by Gasteiger charge is 2.52. The third-order valence-electron chi connectivity index (χ3n) is 6.03. The lowest BCUT2D eigenvalue weighted by Gasteiger charge is -2.45. The first-order chi connectivity index (χ1) is 10.1. The summed E-state index contributed by atoms with van der Waals surface area (Å²) < 4.78 is 0. The molecular weight excluding hydrogens is 268 g/mol. The fourth-order valence-corrected chi connectivity index (χ4v) is 4.92. The van der Waals surface area contributed by atoms with Crippen LogP contribution in [0.2, 0.25) is 0 Å². The van der Waals surface area contributed by atoms with Gasteiger partial charge in [-0.05, 0) is 50.1 Å². The normalized spacial score (nSPS) is 46.8. The fourth-order valence-electron chi connectivity index (χ4n) is 4.92. The van der Waals surface area contributed by atoms with E-state index in [4.69, 9.17) is 0 Å². The zero-order valence-corrected chi connectivity index (χ0v) is 12.1. The number of carboxylic acid groups (broad SMARTS) is 1. The Kier molecular flexibility index (Phi) is 3.06. The summed E-state index contributed by atoms with van der Waals surface area (Å²) in [6.07, 6.45) is 7.18. The van der Waals surface area contributed by atoms with Gasteiger partial charge in [0.05, 0.1) is 11.8 Å². The van der Waals surface area contributed by atoms with Crippen molar-refractivity contribution in [1.29, 1.82) is 0 Å². The van der Waals surface area contributed by atoms with Crippen molar-refractivity contribution >= 4 is 11.9 Å². The maximum absolute atomic E-state index is 12.7. The molecular formula is C16H22N2O3. The number of piperidine rings is 3. The van der Waals surface area contributed by atoms with Gasteiger partial charge in [0.25, 0.3) is 0 Å². The Morgan fingerprint density at radius 3 is 2.33 bits per heavy atom. The molecule has 2 aliphatic carbocycles. The summed E-state index contributed by atoms with van der Waals surface area (Å²) in [7, 11) is 0. The monoisotopic (exact) mass is 290 g/mol. The molecule has 0 aromatic rings. The Labute approximate surface area is 124 Å². The number of nitrogens with zero attached hydrogens (tertiary/aromatic N) is 1. The summed E-state index contributed by atoms with van der Waals surface area (Å²) >= 11 is 0. The van der Waals surface area contributed by atoms with Crippen molar-refractivity contribution in [1.82, 2.24) is 10.2 Å². The Balaban J connectivity index is 1.47. The topological polar surface area (TPSA) is 69.6 Å². The van der Waals surface area contributed by atoms with E-state index in [2.05, 4.69) is 10.2 Å². The average molecular weight is 290 g/mol. The van der Waals surface area contributed by atoms with Crippen LogP contribution in [-0.2, 0) is 9.59 Å². The third kappa shape index (κ3) is 2.09. The lowest BCUT2D eigenvalue weighted by Crippen LogP contribution is -2.58. The number of nitrogens with one attached hydrogen (secondary N) is 1. The van der Waals surface area contributed by atoms with Crippen molar-refractivity contribution in [3.63, 3.8) is 0 Å². The smallest absolute Gasteiger partial charge is 0.307 e. The molecule has 0 aromatic heterocycles. The van der Waals surface area contributed by atoms with E-state index in [0.717, 1.165) is 38.9 Å². The number of allylic oxidation sites excluding steroid dienone is 2. The third-order valence-corrected chi connectivity index (χ3v) is 6.03. The van der Waals surface area contributed by atoms with E-state index in [-0.39, 0.29) is 29.7 Å². The van der Waals surface area contributed by atoms with Gasteiger partial charge in [-0.15, -0.1) is 0 Å². The summed E-state index contributed by atoms with van der Waals surface area (Å²) in [4.78, 5) is 26.6. The molecule has 5 unspecified atom stereocenters. The highest BCUT2D eigenvalue weighted by molar-refractivity contribution is 5.87. The van der Waals surface area contributed by atoms with Crippen molar-refractivity contribution < 1.29 is 14.7 Å². The number of rotatable bonds is 3. The van der Waals surface area contributed by atoms with Gasteiger partial charge in [0.1, 0.15) is 0 Å². The van der Waals surface area contributed by atoms with Gasteiger partial charge in [-0.3, -0.25) is 9.59 Å². The molecule has 4 bridgehead atoms. The summed E-state index contributed by atoms with van der Waals surface area (Å²) in [5.41, 5.74) is 0. The molecule has 0 radical (unpaired) electrons. The van der Waals surface area contributed by atoms with E-state index in [1.807, 2.05) is 12.2 Å². The van der Waals surface area contributed by atoms with Crippen molar-refractivity contribution in [2.75, 3.05) is 19.6 Å². The van der Waals surface area contributed by atoms with Crippen molar-refractivity contribution in [3.05, 3.63) is 12.2 Å². The number of aliphatic carboxylic acids is 1.